The van der Waals surface area contributed by atoms with Crippen molar-refractivity contribution in [3.8, 4) is 11.1 Å². The monoisotopic (exact) mass is 952 g/mol. The lowest BCUT2D eigenvalue weighted by Crippen LogP contribution is -2.57. The Bertz CT molecular complexity index is 3770. The summed E-state index contributed by atoms with van der Waals surface area (Å²) in [5, 5.41) is 4.55. The Kier molecular flexibility index (Phi) is 9.28. The zero-order valence-electron chi connectivity index (χ0n) is 41.4. The fourth-order valence-electron chi connectivity index (χ4n) is 16.6. The van der Waals surface area contributed by atoms with Crippen molar-refractivity contribution in [1.82, 2.24) is 0 Å². The summed E-state index contributed by atoms with van der Waals surface area (Å²) in [5.41, 5.74) is 15.3. The first-order valence-electron chi connectivity index (χ1n) is 27.6. The second kappa shape index (κ2) is 16.0. The van der Waals surface area contributed by atoms with E-state index in [-0.39, 0.29) is 0 Å². The van der Waals surface area contributed by atoms with Crippen LogP contribution in [0.5, 0.6) is 0 Å². The molecule has 6 fully saturated rings. The van der Waals surface area contributed by atoms with Gasteiger partial charge in [0, 0.05) is 67.6 Å². The number of nitrogens with zero attached hydrogens (tertiary/aromatic N) is 2. The lowest BCUT2D eigenvalue weighted by molar-refractivity contribution is -0.274. The van der Waals surface area contributed by atoms with E-state index < -0.39 is 11.2 Å². The van der Waals surface area contributed by atoms with Crippen LogP contribution in [0.4, 0.5) is 34.1 Å². The molecule has 2 aromatic heterocycles. The summed E-state index contributed by atoms with van der Waals surface area (Å²) in [7, 11) is 0. The molecule has 5 nitrogen and oxygen atoms in total. The Hall–Kier alpha value is -7.08. The summed E-state index contributed by atoms with van der Waals surface area (Å²) >= 11 is 0. The van der Waals surface area contributed by atoms with Gasteiger partial charge in [-0.15, -0.1) is 0 Å². The van der Waals surface area contributed by atoms with Gasteiger partial charge in [-0.3, -0.25) is 0 Å². The van der Waals surface area contributed by atoms with Gasteiger partial charge in [0.2, 0.25) is 0 Å². The Morgan fingerprint density at radius 1 is 0.384 bits per heavy atom. The lowest BCUT2D eigenvalue weighted by atomic mass is 9.53. The fourth-order valence-corrected chi connectivity index (χ4v) is 16.6. The highest BCUT2D eigenvalue weighted by atomic mass is 16.5. The molecule has 73 heavy (non-hydrogen) atoms. The van der Waals surface area contributed by atoms with E-state index in [0.717, 1.165) is 73.0 Å². The van der Waals surface area contributed by atoms with Crippen LogP contribution in [0.3, 0.4) is 0 Å². The zero-order valence-corrected chi connectivity index (χ0v) is 41.4. The second-order valence-corrected chi connectivity index (χ2v) is 23.1. The first-order chi connectivity index (χ1) is 36.1. The molecule has 3 heterocycles. The summed E-state index contributed by atoms with van der Waals surface area (Å²) in [6.45, 7) is 0. The summed E-state index contributed by atoms with van der Waals surface area (Å²) in [5.74, 6) is 1.94. The van der Waals surface area contributed by atoms with E-state index in [1.807, 2.05) is 0 Å². The molecule has 0 radical (unpaired) electrons. The van der Waals surface area contributed by atoms with Gasteiger partial charge in [0.25, 0.3) is 0 Å². The molecule has 1 aliphatic heterocycles. The number of fused-ring (bicyclic) bond motifs is 9. The van der Waals surface area contributed by atoms with Crippen molar-refractivity contribution in [2.45, 2.75) is 94.7 Å². The van der Waals surface area contributed by atoms with Crippen molar-refractivity contribution in [2.24, 2.45) is 29.1 Å². The van der Waals surface area contributed by atoms with Gasteiger partial charge >= 0.3 is 0 Å². The number of furan rings is 2. The van der Waals surface area contributed by atoms with Crippen LogP contribution in [-0.4, -0.2) is 0 Å². The minimum Gasteiger partial charge on any atom is -0.456 e. The molecule has 360 valence electrons. The third-order valence-electron chi connectivity index (χ3n) is 19.4. The summed E-state index contributed by atoms with van der Waals surface area (Å²) in [4.78, 5) is 5.09. The van der Waals surface area contributed by atoms with E-state index in [1.165, 1.54) is 111 Å². The van der Waals surface area contributed by atoms with Gasteiger partial charge in [0.05, 0.1) is 17.0 Å². The molecule has 10 aromatic rings. The quantitative estimate of drug-likeness (QED) is 0.166. The first-order valence-corrected chi connectivity index (χ1v) is 27.6. The van der Waals surface area contributed by atoms with Gasteiger partial charge in [-0.2, -0.15) is 0 Å². The predicted molar refractivity (Wildman–Crippen MR) is 297 cm³/mol. The number of benzene rings is 8. The molecule has 3 spiro atoms. The highest BCUT2D eigenvalue weighted by Crippen LogP contribution is 2.73. The number of ether oxygens (including phenoxy) is 1. The number of hydrogen-bond acceptors (Lipinski definition) is 5. The van der Waals surface area contributed by atoms with E-state index in [4.69, 9.17) is 13.6 Å². The molecule has 8 aromatic carbocycles. The van der Waals surface area contributed by atoms with Gasteiger partial charge in [-0.1, -0.05) is 123 Å². The van der Waals surface area contributed by atoms with Gasteiger partial charge in [-0.05, 0) is 171 Å². The van der Waals surface area contributed by atoms with Gasteiger partial charge in [-0.25, -0.2) is 0 Å². The molecule has 2 unspecified atom stereocenters. The van der Waals surface area contributed by atoms with Crippen molar-refractivity contribution < 1.29 is 13.6 Å². The molecular weight excluding hydrogens is 893 g/mol. The summed E-state index contributed by atoms with van der Waals surface area (Å²) < 4.78 is 22.4. The first kappa shape index (κ1) is 42.4. The average Bonchev–Trinajstić information content (AvgIpc) is 3.90. The lowest BCUT2D eigenvalue weighted by Gasteiger charge is -2.60. The second-order valence-electron chi connectivity index (χ2n) is 23.1. The average molecular weight is 953 g/mol. The van der Waals surface area contributed by atoms with Crippen LogP contribution in [0, 0.1) is 29.1 Å². The molecular formula is C68H60N2O3. The molecule has 5 heteroatoms. The topological polar surface area (TPSA) is 42.0 Å². The highest BCUT2D eigenvalue weighted by molar-refractivity contribution is 6.08. The minimum absolute atomic E-state index is 0.429. The van der Waals surface area contributed by atoms with Crippen LogP contribution >= 0.6 is 0 Å². The third kappa shape index (κ3) is 6.18. The van der Waals surface area contributed by atoms with Crippen LogP contribution in [0.2, 0.25) is 0 Å². The minimum atomic E-state index is -0.461. The van der Waals surface area contributed by atoms with Crippen LogP contribution < -0.4 is 9.80 Å². The predicted octanol–water partition coefficient (Wildman–Crippen LogP) is 19.1. The highest BCUT2D eigenvalue weighted by Gasteiger charge is 2.66. The number of rotatable bonds is 6. The maximum Gasteiger partial charge on any atom is 0.137 e. The van der Waals surface area contributed by atoms with E-state index in [9.17, 15) is 0 Å². The maximum absolute atomic E-state index is 8.93. The van der Waals surface area contributed by atoms with Gasteiger partial charge in [0.1, 0.15) is 27.9 Å². The van der Waals surface area contributed by atoms with Crippen molar-refractivity contribution in [2.75, 3.05) is 9.80 Å². The van der Waals surface area contributed by atoms with Crippen molar-refractivity contribution in [3.05, 3.63) is 193 Å². The molecule has 7 aliphatic rings. The SMILES string of the molecule is c1ccc(N(c2ccc3c(c2)oc2ccccc23)c2cccc3c2-c2c(N(c4ccccc4)c4ccc5c(c4)oc4ccccc45)cccc2C2(OC34CC3CCCC5(C3)CC4C5)C3CCCC2CCC3)cc1. The zero-order chi connectivity index (χ0) is 47.9. The fraction of sp³-hybridized carbons (Fsp3) is 0.294. The smallest absolute Gasteiger partial charge is 0.137 e. The molecule has 0 saturated heterocycles. The molecule has 6 saturated carbocycles. The van der Waals surface area contributed by atoms with E-state index >= 15 is 0 Å². The normalized spacial score (nSPS) is 26.8. The summed E-state index contributed by atoms with van der Waals surface area (Å²) in [6.07, 6.45) is 16.3. The Labute approximate surface area is 427 Å². The summed E-state index contributed by atoms with van der Waals surface area (Å²) in [6, 6.07) is 67.5. The molecule has 5 bridgehead atoms. The van der Waals surface area contributed by atoms with Crippen molar-refractivity contribution in [1.29, 1.82) is 0 Å². The molecule has 2 atom stereocenters. The van der Waals surface area contributed by atoms with Gasteiger partial charge < -0.3 is 23.4 Å². The molecule has 17 rings (SSSR count). The van der Waals surface area contributed by atoms with Crippen molar-refractivity contribution in [3.63, 3.8) is 0 Å². The molecule has 6 aliphatic carbocycles. The van der Waals surface area contributed by atoms with Gasteiger partial charge in [0.15, 0.2) is 0 Å². The van der Waals surface area contributed by atoms with Crippen LogP contribution in [0.15, 0.2) is 191 Å². The largest absolute Gasteiger partial charge is 0.456 e. The number of para-hydroxylation sites is 4. The van der Waals surface area contributed by atoms with E-state index in [2.05, 4.69) is 192 Å². The number of hydrogen-bond donors (Lipinski definition) is 0. The Morgan fingerprint density at radius 2 is 0.890 bits per heavy atom. The third-order valence-corrected chi connectivity index (χ3v) is 19.4. The number of anilines is 6. The van der Waals surface area contributed by atoms with E-state index in [0.29, 0.717) is 29.1 Å². The van der Waals surface area contributed by atoms with Crippen LogP contribution in [-0.2, 0) is 15.9 Å². The van der Waals surface area contributed by atoms with Crippen molar-refractivity contribution >= 4 is 78.0 Å². The molecule has 0 N–H and O–H groups in total. The van der Waals surface area contributed by atoms with Crippen LogP contribution in [0.1, 0.15) is 94.6 Å². The Balaban J connectivity index is 1.03. The Morgan fingerprint density at radius 3 is 1.47 bits per heavy atom. The van der Waals surface area contributed by atoms with Crippen LogP contribution in [0.25, 0.3) is 55.0 Å². The maximum atomic E-state index is 8.93. The van der Waals surface area contributed by atoms with E-state index in [1.54, 1.807) is 0 Å². The molecule has 0 amide bonds. The standard InChI is InChI=1S/C68H60N2O3/c1-3-21-48(22-4-1)69(50-33-35-54-52-25-7-9-31-60(52)71-62(54)38-50)58-29-13-27-56-64(58)65-57(68(45-17-11-18-46(68)20-12-19-45)73-67(56)41-44-16-15-37-66(40-44)42-47(67)43-66)28-14-30-59(65)70(49-23-5-2-6-24-49)51-34-36-55-53-26-8-10-32-61(53)72-63(55)39-51/h1-10,13-14,21-36,38-39,44-47H,11-12,15-20,37,40-43H2.